The summed E-state index contributed by atoms with van der Waals surface area (Å²) in [7, 11) is 0. The van der Waals surface area contributed by atoms with Crippen molar-refractivity contribution in [1.29, 1.82) is 0 Å². The van der Waals surface area contributed by atoms with Crippen LogP contribution >= 0.6 is 27.6 Å². The number of ether oxygens (including phenoxy) is 2. The summed E-state index contributed by atoms with van der Waals surface area (Å²) < 4.78 is 12.0. The van der Waals surface area contributed by atoms with Gasteiger partial charge in [-0.15, -0.1) is 0 Å². The molecule has 0 radical (unpaired) electrons. The van der Waals surface area contributed by atoms with E-state index in [-0.39, 0.29) is 11.4 Å². The monoisotopic (exact) mass is 356 g/mol. The Balaban J connectivity index is 2.24. The third kappa shape index (κ3) is 2.43. The molecule has 4 heteroatoms. The van der Waals surface area contributed by atoms with Gasteiger partial charge in [0.05, 0.1) is 13.2 Å². The molecule has 94 valence electrons. The van der Waals surface area contributed by atoms with Crippen LogP contribution in [0.25, 0.3) is 0 Å². The Morgan fingerprint density at radius 3 is 1.81 bits per heavy atom. The van der Waals surface area contributed by atoms with Gasteiger partial charge in [0.1, 0.15) is 0 Å². The van der Waals surface area contributed by atoms with Crippen molar-refractivity contribution in [3.05, 3.63) is 0 Å². The van der Waals surface area contributed by atoms with Crippen molar-refractivity contribution in [3.63, 3.8) is 0 Å². The number of hydrogen-bond acceptors (Lipinski definition) is 2. The topological polar surface area (TPSA) is 18.5 Å². The van der Waals surface area contributed by atoms with Crippen molar-refractivity contribution >= 4 is 27.6 Å². The molecular weight excluding hydrogens is 334 g/mol. The Morgan fingerprint density at radius 2 is 1.38 bits per heavy atom. The minimum Gasteiger partial charge on any atom is -0.350 e. The van der Waals surface area contributed by atoms with Crippen molar-refractivity contribution in [2.75, 3.05) is 13.2 Å². The van der Waals surface area contributed by atoms with Crippen molar-refractivity contribution < 1.29 is 9.47 Å². The lowest BCUT2D eigenvalue weighted by Gasteiger charge is -2.55. The second kappa shape index (κ2) is 4.32. The number of halogens is 1. The molecule has 2 heterocycles. The highest BCUT2D eigenvalue weighted by Gasteiger charge is 2.54. The fraction of sp³-hybridized carbons (Fsp3) is 1.00. The van der Waals surface area contributed by atoms with Gasteiger partial charge in [-0.1, -0.05) is 49.7 Å². The van der Waals surface area contributed by atoms with Gasteiger partial charge in [-0.25, -0.2) is 0 Å². The van der Waals surface area contributed by atoms with Crippen LogP contribution in [0.2, 0.25) is 0 Å². The van der Waals surface area contributed by atoms with E-state index < -0.39 is 0 Å². The second-order valence-corrected chi connectivity index (χ2v) is 12.1. The summed E-state index contributed by atoms with van der Waals surface area (Å²) in [5.41, 5.74) is -0.0190. The first-order valence-corrected chi connectivity index (χ1v) is 10.1. The van der Waals surface area contributed by atoms with E-state index in [0.717, 1.165) is 32.5 Å². The van der Waals surface area contributed by atoms with Crippen molar-refractivity contribution in [2.24, 2.45) is 0 Å². The lowest BCUT2D eigenvalue weighted by atomic mass is 9.91. The molecule has 0 aromatic carbocycles. The molecule has 0 N–H and O–H groups in total. The average Bonchev–Trinajstić information content (AvgIpc) is 2.14. The van der Waals surface area contributed by atoms with Gasteiger partial charge in [0, 0.05) is 12.8 Å². The standard InChI is InChI=1S/C12H22IO2P/c1-10(2)8-12(14-6-5-7-15-12)9-11(3,4)16(10)13/h5-9H2,1-4H3. The molecular formula is C12H22IO2P. The highest BCUT2D eigenvalue weighted by atomic mass is 127. The maximum atomic E-state index is 6.01. The summed E-state index contributed by atoms with van der Waals surface area (Å²) in [5.74, 6) is -0.282. The molecule has 16 heavy (non-hydrogen) atoms. The van der Waals surface area contributed by atoms with Gasteiger partial charge in [0.25, 0.3) is 0 Å². The molecule has 1 spiro atoms. The lowest BCUT2D eigenvalue weighted by molar-refractivity contribution is -0.280. The molecule has 0 bridgehead atoms. The van der Waals surface area contributed by atoms with Crippen LogP contribution in [0.3, 0.4) is 0 Å². The van der Waals surface area contributed by atoms with E-state index in [9.17, 15) is 0 Å². The molecule has 0 atom stereocenters. The van der Waals surface area contributed by atoms with E-state index in [2.05, 4.69) is 49.7 Å². The highest BCUT2D eigenvalue weighted by molar-refractivity contribution is 14.2. The van der Waals surface area contributed by atoms with E-state index >= 15 is 0 Å². The van der Waals surface area contributed by atoms with Gasteiger partial charge in [-0.3, -0.25) is 0 Å². The van der Waals surface area contributed by atoms with E-state index in [1.165, 1.54) is 0 Å². The van der Waals surface area contributed by atoms with Gasteiger partial charge in [-0.05, 0) is 22.3 Å². The Hall–Kier alpha value is 1.08. The third-order valence-corrected chi connectivity index (χ3v) is 13.8. The molecule has 0 aromatic heterocycles. The molecule has 0 saturated carbocycles. The van der Waals surface area contributed by atoms with Gasteiger partial charge in [-0.2, -0.15) is 0 Å². The largest absolute Gasteiger partial charge is 0.350 e. The van der Waals surface area contributed by atoms with Crippen molar-refractivity contribution in [3.8, 4) is 0 Å². The van der Waals surface area contributed by atoms with Crippen LogP contribution in [0.15, 0.2) is 0 Å². The molecule has 0 aliphatic carbocycles. The second-order valence-electron chi connectivity index (χ2n) is 6.22. The van der Waals surface area contributed by atoms with Gasteiger partial charge in [0.15, 0.2) is 5.79 Å². The summed E-state index contributed by atoms with van der Waals surface area (Å²) in [6.07, 6.45) is 3.15. The molecule has 2 fully saturated rings. The maximum Gasteiger partial charge on any atom is 0.170 e. The predicted molar refractivity (Wildman–Crippen MR) is 77.6 cm³/mol. The third-order valence-electron chi connectivity index (χ3n) is 3.49. The van der Waals surface area contributed by atoms with Crippen LogP contribution in [-0.2, 0) is 9.47 Å². The van der Waals surface area contributed by atoms with Crippen LogP contribution in [-0.4, -0.2) is 29.3 Å². The summed E-state index contributed by atoms with van der Waals surface area (Å²) in [4.78, 5) is 0. The maximum absolute atomic E-state index is 6.01. The molecule has 0 unspecified atom stereocenters. The smallest absolute Gasteiger partial charge is 0.170 e. The first kappa shape index (κ1) is 13.5. The average molecular weight is 356 g/mol. The molecule has 0 amide bonds. The van der Waals surface area contributed by atoms with Crippen LogP contribution < -0.4 is 0 Å². The predicted octanol–water partition coefficient (Wildman–Crippen LogP) is 4.30. The van der Waals surface area contributed by atoms with Crippen molar-refractivity contribution in [1.82, 2.24) is 0 Å². The minimum absolute atomic E-state index is 0.0190. The Labute approximate surface area is 113 Å². The van der Waals surface area contributed by atoms with Crippen molar-refractivity contribution in [2.45, 2.75) is 63.1 Å². The summed E-state index contributed by atoms with van der Waals surface area (Å²) in [6.45, 7) is 11.2. The quantitative estimate of drug-likeness (QED) is 0.476. The minimum atomic E-state index is -0.282. The fourth-order valence-electron chi connectivity index (χ4n) is 3.16. The zero-order valence-corrected chi connectivity index (χ0v) is 13.7. The van der Waals surface area contributed by atoms with E-state index in [0.29, 0.717) is 10.3 Å². The summed E-state index contributed by atoms with van der Waals surface area (Å²) >= 11 is 2.68. The molecule has 2 nitrogen and oxygen atoms in total. The lowest BCUT2D eigenvalue weighted by Crippen LogP contribution is -2.53. The van der Waals surface area contributed by atoms with E-state index in [1.807, 2.05) is 0 Å². The van der Waals surface area contributed by atoms with Gasteiger partial charge in [0.2, 0.25) is 0 Å². The normalized spacial score (nSPS) is 32.8. The van der Waals surface area contributed by atoms with E-state index in [4.69, 9.17) is 9.47 Å². The Morgan fingerprint density at radius 1 is 0.938 bits per heavy atom. The molecule has 0 aromatic rings. The zero-order valence-electron chi connectivity index (χ0n) is 10.7. The SMILES string of the molecule is CC1(C)CC2(CC(C)(C)P1I)OCCCO2. The van der Waals surface area contributed by atoms with Crippen LogP contribution in [0, 0.1) is 0 Å². The highest BCUT2D eigenvalue weighted by Crippen LogP contribution is 2.73. The van der Waals surface area contributed by atoms with Crippen LogP contribution in [0.5, 0.6) is 0 Å². The zero-order chi connectivity index (χ0) is 12.0. The molecule has 2 aliphatic rings. The van der Waals surface area contributed by atoms with Crippen LogP contribution in [0.1, 0.15) is 47.0 Å². The molecule has 2 saturated heterocycles. The Bertz CT molecular complexity index is 252. The van der Waals surface area contributed by atoms with E-state index in [1.54, 1.807) is 0 Å². The molecule has 2 rings (SSSR count). The number of rotatable bonds is 0. The van der Waals surface area contributed by atoms with Gasteiger partial charge < -0.3 is 9.47 Å². The fourth-order valence-corrected chi connectivity index (χ4v) is 6.58. The summed E-state index contributed by atoms with van der Waals surface area (Å²) in [5, 5.41) is 0.684. The number of hydrogen-bond donors (Lipinski definition) is 0. The first-order chi connectivity index (χ1) is 7.28. The molecule has 2 aliphatic heterocycles. The Kier molecular flexibility index (Phi) is 3.65. The van der Waals surface area contributed by atoms with Crippen LogP contribution in [0.4, 0.5) is 0 Å². The summed E-state index contributed by atoms with van der Waals surface area (Å²) in [6, 6.07) is 0. The first-order valence-electron chi connectivity index (χ1n) is 6.02. The van der Waals surface area contributed by atoms with Gasteiger partial charge >= 0.3 is 0 Å².